The highest BCUT2D eigenvalue weighted by molar-refractivity contribution is 5.96. The zero-order valence-corrected chi connectivity index (χ0v) is 15.2. The molecule has 0 saturated carbocycles. The number of fused-ring (bicyclic) bond motifs is 1. The second-order valence-corrected chi connectivity index (χ2v) is 6.87. The van der Waals surface area contributed by atoms with E-state index in [2.05, 4.69) is 10.4 Å². The van der Waals surface area contributed by atoms with E-state index in [1.165, 1.54) is 22.9 Å². The number of nitrogens with zero attached hydrogens (tertiary/aromatic N) is 2. The van der Waals surface area contributed by atoms with E-state index >= 15 is 0 Å². The summed E-state index contributed by atoms with van der Waals surface area (Å²) in [5.74, 6) is -1.22. The second kappa shape index (κ2) is 7.35. The molecule has 0 fully saturated rings. The second-order valence-electron chi connectivity index (χ2n) is 6.87. The lowest BCUT2D eigenvalue weighted by Gasteiger charge is -2.25. The van der Waals surface area contributed by atoms with E-state index in [9.17, 15) is 22.4 Å². The van der Waals surface area contributed by atoms with E-state index in [-0.39, 0.29) is 0 Å². The number of alkyl halides is 3. The third-order valence-corrected chi connectivity index (χ3v) is 5.05. The molecule has 1 aromatic heterocycles. The SMILES string of the molecule is O=C(N[C@@H]1CCCc2c1cnn2-c1ccccc1F)c1ccccc1C(F)(F)F. The number of aromatic nitrogens is 2. The van der Waals surface area contributed by atoms with Crippen molar-refractivity contribution in [2.24, 2.45) is 0 Å². The lowest BCUT2D eigenvalue weighted by Crippen LogP contribution is -2.32. The summed E-state index contributed by atoms with van der Waals surface area (Å²) in [7, 11) is 0. The summed E-state index contributed by atoms with van der Waals surface area (Å²) in [4.78, 5) is 12.6. The highest BCUT2D eigenvalue weighted by atomic mass is 19.4. The van der Waals surface area contributed by atoms with Crippen LogP contribution in [0.25, 0.3) is 5.69 Å². The Hall–Kier alpha value is -3.16. The van der Waals surface area contributed by atoms with Crippen molar-refractivity contribution in [3.8, 4) is 5.69 Å². The lowest BCUT2D eigenvalue weighted by molar-refractivity contribution is -0.137. The molecule has 150 valence electrons. The number of nitrogens with one attached hydrogen (secondary N) is 1. The molecule has 0 unspecified atom stereocenters. The molecule has 3 aromatic rings. The van der Waals surface area contributed by atoms with Crippen LogP contribution in [0.5, 0.6) is 0 Å². The number of para-hydroxylation sites is 1. The molecule has 1 aliphatic carbocycles. The summed E-state index contributed by atoms with van der Waals surface area (Å²) in [5, 5.41) is 6.96. The van der Waals surface area contributed by atoms with Gasteiger partial charge in [0.15, 0.2) is 0 Å². The number of benzene rings is 2. The van der Waals surface area contributed by atoms with Crippen LogP contribution in [0.4, 0.5) is 17.6 Å². The van der Waals surface area contributed by atoms with Crippen LogP contribution in [0.1, 0.15) is 46.1 Å². The van der Waals surface area contributed by atoms with Gasteiger partial charge in [0, 0.05) is 11.3 Å². The van der Waals surface area contributed by atoms with Crippen LogP contribution in [0, 0.1) is 5.82 Å². The van der Waals surface area contributed by atoms with Crippen LogP contribution in [0.3, 0.4) is 0 Å². The maximum atomic E-state index is 14.2. The predicted molar refractivity (Wildman–Crippen MR) is 98.1 cm³/mol. The molecule has 0 saturated heterocycles. The van der Waals surface area contributed by atoms with Gasteiger partial charge in [-0.1, -0.05) is 24.3 Å². The molecule has 1 N–H and O–H groups in total. The van der Waals surface area contributed by atoms with E-state index in [0.717, 1.165) is 17.8 Å². The van der Waals surface area contributed by atoms with Crippen LogP contribution in [0.2, 0.25) is 0 Å². The first-order chi connectivity index (χ1) is 13.9. The quantitative estimate of drug-likeness (QED) is 0.637. The fourth-order valence-electron chi connectivity index (χ4n) is 3.70. The van der Waals surface area contributed by atoms with Crippen LogP contribution in [-0.4, -0.2) is 15.7 Å². The Morgan fingerprint density at radius 1 is 1.10 bits per heavy atom. The first-order valence-corrected chi connectivity index (χ1v) is 9.15. The van der Waals surface area contributed by atoms with Gasteiger partial charge in [-0.2, -0.15) is 18.3 Å². The van der Waals surface area contributed by atoms with Gasteiger partial charge in [-0.3, -0.25) is 4.79 Å². The summed E-state index contributed by atoms with van der Waals surface area (Å²) in [6.45, 7) is 0. The van der Waals surface area contributed by atoms with Gasteiger partial charge in [0.25, 0.3) is 5.91 Å². The van der Waals surface area contributed by atoms with Crippen LogP contribution in [0.15, 0.2) is 54.7 Å². The van der Waals surface area contributed by atoms with Crippen molar-refractivity contribution in [2.45, 2.75) is 31.5 Å². The smallest absolute Gasteiger partial charge is 0.345 e. The number of halogens is 4. The first-order valence-electron chi connectivity index (χ1n) is 9.15. The van der Waals surface area contributed by atoms with E-state index in [0.29, 0.717) is 30.5 Å². The van der Waals surface area contributed by atoms with Crippen LogP contribution in [-0.2, 0) is 12.6 Å². The third-order valence-electron chi connectivity index (χ3n) is 5.05. The van der Waals surface area contributed by atoms with Crippen molar-refractivity contribution in [3.63, 3.8) is 0 Å². The Bertz CT molecular complexity index is 1060. The predicted octanol–water partition coefficient (Wildman–Crippen LogP) is 4.84. The molecule has 4 nitrogen and oxygen atoms in total. The highest BCUT2D eigenvalue weighted by Gasteiger charge is 2.36. The number of carbonyl (C=O) groups excluding carboxylic acids is 1. The molecule has 0 spiro atoms. The lowest BCUT2D eigenvalue weighted by atomic mass is 9.92. The van der Waals surface area contributed by atoms with Gasteiger partial charge in [-0.25, -0.2) is 9.07 Å². The number of amides is 1. The topological polar surface area (TPSA) is 46.9 Å². The zero-order chi connectivity index (χ0) is 20.6. The van der Waals surface area contributed by atoms with Gasteiger partial charge in [0.1, 0.15) is 11.5 Å². The minimum absolute atomic E-state index is 0.295. The van der Waals surface area contributed by atoms with Gasteiger partial charge in [0.05, 0.1) is 23.4 Å². The molecular weight excluding hydrogens is 386 g/mol. The molecule has 4 rings (SSSR count). The molecule has 0 aliphatic heterocycles. The Balaban J connectivity index is 1.64. The molecule has 29 heavy (non-hydrogen) atoms. The molecule has 1 aliphatic rings. The molecule has 2 aromatic carbocycles. The zero-order valence-electron chi connectivity index (χ0n) is 15.2. The normalized spacial score (nSPS) is 16.3. The van der Waals surface area contributed by atoms with E-state index < -0.39 is 35.1 Å². The minimum atomic E-state index is -4.62. The monoisotopic (exact) mass is 403 g/mol. The Labute approximate surface area is 164 Å². The number of hydrogen-bond acceptors (Lipinski definition) is 2. The van der Waals surface area contributed by atoms with Crippen LogP contribution < -0.4 is 5.32 Å². The Kier molecular flexibility index (Phi) is 4.86. The largest absolute Gasteiger partial charge is 0.417 e. The highest BCUT2D eigenvalue weighted by Crippen LogP contribution is 2.34. The summed E-state index contributed by atoms with van der Waals surface area (Å²) in [5.41, 5.74) is 0.334. The number of rotatable bonds is 3. The van der Waals surface area contributed by atoms with Crippen molar-refractivity contribution in [3.05, 3.63) is 82.9 Å². The molecular formula is C21H17F4N3O. The van der Waals surface area contributed by atoms with Gasteiger partial charge in [-0.15, -0.1) is 0 Å². The maximum Gasteiger partial charge on any atom is 0.417 e. The molecule has 1 atom stereocenters. The Morgan fingerprint density at radius 3 is 2.59 bits per heavy atom. The van der Waals surface area contributed by atoms with Crippen molar-refractivity contribution in [1.29, 1.82) is 0 Å². The molecule has 0 bridgehead atoms. The summed E-state index contributed by atoms with van der Waals surface area (Å²) in [6.07, 6.45) is -1.19. The maximum absolute atomic E-state index is 14.2. The average Bonchev–Trinajstić information content (AvgIpc) is 3.13. The number of carbonyl (C=O) groups is 1. The van der Waals surface area contributed by atoms with Gasteiger partial charge in [0.2, 0.25) is 0 Å². The number of hydrogen-bond donors (Lipinski definition) is 1. The van der Waals surface area contributed by atoms with Crippen molar-refractivity contribution in [2.75, 3.05) is 0 Å². The first kappa shape index (κ1) is 19.2. The Morgan fingerprint density at radius 2 is 1.83 bits per heavy atom. The molecule has 8 heteroatoms. The van der Waals surface area contributed by atoms with Gasteiger partial charge in [-0.05, 0) is 43.5 Å². The van der Waals surface area contributed by atoms with E-state index in [1.54, 1.807) is 24.4 Å². The van der Waals surface area contributed by atoms with Crippen LogP contribution >= 0.6 is 0 Å². The fourth-order valence-corrected chi connectivity index (χ4v) is 3.70. The van der Waals surface area contributed by atoms with Crippen molar-refractivity contribution >= 4 is 5.91 Å². The summed E-state index contributed by atoms with van der Waals surface area (Å²) < 4.78 is 55.3. The minimum Gasteiger partial charge on any atom is -0.345 e. The van der Waals surface area contributed by atoms with Crippen molar-refractivity contribution in [1.82, 2.24) is 15.1 Å². The molecule has 0 radical (unpaired) electrons. The fraction of sp³-hybridized carbons (Fsp3) is 0.238. The standard InChI is InChI=1S/C21H17F4N3O/c22-16-8-3-4-10-19(16)28-18-11-5-9-17(14(18)12-26-28)27-20(29)13-6-1-2-7-15(13)21(23,24)25/h1-4,6-8,10,12,17H,5,9,11H2,(H,27,29)/t17-/m1/s1. The van der Waals surface area contributed by atoms with E-state index in [4.69, 9.17) is 0 Å². The van der Waals surface area contributed by atoms with Crippen molar-refractivity contribution < 1.29 is 22.4 Å². The molecule has 1 amide bonds. The summed E-state index contributed by atoms with van der Waals surface area (Å²) in [6, 6.07) is 10.4. The molecule has 1 heterocycles. The average molecular weight is 403 g/mol. The van der Waals surface area contributed by atoms with Gasteiger partial charge < -0.3 is 5.32 Å². The van der Waals surface area contributed by atoms with E-state index in [1.807, 2.05) is 0 Å². The third kappa shape index (κ3) is 3.62. The summed E-state index contributed by atoms with van der Waals surface area (Å²) >= 11 is 0. The van der Waals surface area contributed by atoms with Gasteiger partial charge >= 0.3 is 6.18 Å².